The van der Waals surface area contributed by atoms with Crippen LogP contribution in [0.25, 0.3) is 10.9 Å². The van der Waals surface area contributed by atoms with Crippen LogP contribution in [0.2, 0.25) is 15.1 Å². The molecule has 0 amide bonds. The molecule has 29 heavy (non-hydrogen) atoms. The molecule has 1 aliphatic rings. The normalized spacial score (nSPS) is 19.4. The molecule has 0 bridgehead atoms. The second-order valence-electron chi connectivity index (χ2n) is 7.62. The molecular weight excluding hydrogens is 425 g/mol. The van der Waals surface area contributed by atoms with Crippen molar-refractivity contribution in [1.29, 1.82) is 0 Å². The van der Waals surface area contributed by atoms with E-state index in [1.807, 2.05) is 48.7 Å². The number of rotatable bonds is 6. The lowest BCUT2D eigenvalue weighted by Gasteiger charge is -2.30. The summed E-state index contributed by atoms with van der Waals surface area (Å²) in [6.07, 6.45) is 7.28. The van der Waals surface area contributed by atoms with E-state index in [0.29, 0.717) is 17.1 Å². The number of fused-ring (bicyclic) bond motifs is 1. The van der Waals surface area contributed by atoms with Gasteiger partial charge in [-0.3, -0.25) is 4.98 Å². The molecule has 0 saturated heterocycles. The van der Waals surface area contributed by atoms with Gasteiger partial charge in [-0.15, -0.1) is 0 Å². The summed E-state index contributed by atoms with van der Waals surface area (Å²) in [7, 11) is 0. The van der Waals surface area contributed by atoms with Gasteiger partial charge >= 0.3 is 0 Å². The maximum Gasteiger partial charge on any atom is 0.0737 e. The minimum atomic E-state index is 0.479. The van der Waals surface area contributed by atoms with E-state index in [-0.39, 0.29) is 0 Å². The van der Waals surface area contributed by atoms with E-state index in [9.17, 15) is 0 Å². The van der Waals surface area contributed by atoms with Gasteiger partial charge in [0.1, 0.15) is 0 Å². The SMILES string of the molecule is Clc1ccc2c(NC3CCC(NCCc4c(Cl)cccc4Cl)CC3)ccnc2c1. The van der Waals surface area contributed by atoms with Crippen molar-refractivity contribution < 1.29 is 0 Å². The average molecular weight is 449 g/mol. The van der Waals surface area contributed by atoms with Crippen LogP contribution in [-0.4, -0.2) is 23.6 Å². The first-order valence-corrected chi connectivity index (χ1v) is 11.2. The van der Waals surface area contributed by atoms with Crippen LogP contribution < -0.4 is 10.6 Å². The molecule has 0 spiro atoms. The van der Waals surface area contributed by atoms with Crippen molar-refractivity contribution in [3.63, 3.8) is 0 Å². The molecule has 0 radical (unpaired) electrons. The molecule has 0 aliphatic heterocycles. The second-order valence-corrected chi connectivity index (χ2v) is 8.87. The van der Waals surface area contributed by atoms with Crippen molar-refractivity contribution in [2.45, 2.75) is 44.2 Å². The minimum Gasteiger partial charge on any atom is -0.382 e. The number of hydrogen-bond donors (Lipinski definition) is 2. The lowest BCUT2D eigenvalue weighted by atomic mass is 9.90. The van der Waals surface area contributed by atoms with Crippen molar-refractivity contribution in [2.24, 2.45) is 0 Å². The van der Waals surface area contributed by atoms with Crippen LogP contribution in [0.3, 0.4) is 0 Å². The molecule has 1 aromatic heterocycles. The lowest BCUT2D eigenvalue weighted by molar-refractivity contribution is 0.356. The van der Waals surface area contributed by atoms with E-state index in [1.165, 1.54) is 0 Å². The monoisotopic (exact) mass is 447 g/mol. The predicted molar refractivity (Wildman–Crippen MR) is 125 cm³/mol. The topological polar surface area (TPSA) is 37.0 Å². The van der Waals surface area contributed by atoms with Crippen LogP contribution in [0.5, 0.6) is 0 Å². The molecule has 1 heterocycles. The maximum atomic E-state index is 6.27. The number of nitrogens with zero attached hydrogens (tertiary/aromatic N) is 1. The Balaban J connectivity index is 1.28. The Morgan fingerprint density at radius 2 is 1.62 bits per heavy atom. The summed E-state index contributed by atoms with van der Waals surface area (Å²) < 4.78 is 0. The molecule has 1 saturated carbocycles. The van der Waals surface area contributed by atoms with Gasteiger partial charge in [0.05, 0.1) is 5.52 Å². The third kappa shape index (κ3) is 5.16. The van der Waals surface area contributed by atoms with Gasteiger partial charge in [0.25, 0.3) is 0 Å². The van der Waals surface area contributed by atoms with Crippen LogP contribution in [0.15, 0.2) is 48.7 Å². The van der Waals surface area contributed by atoms with Gasteiger partial charge in [0.15, 0.2) is 0 Å². The van der Waals surface area contributed by atoms with Gasteiger partial charge in [-0.2, -0.15) is 0 Å². The molecule has 0 unspecified atom stereocenters. The van der Waals surface area contributed by atoms with Crippen molar-refractivity contribution in [3.8, 4) is 0 Å². The second kappa shape index (κ2) is 9.53. The van der Waals surface area contributed by atoms with Crippen LogP contribution in [0.4, 0.5) is 5.69 Å². The molecule has 152 valence electrons. The minimum absolute atomic E-state index is 0.479. The fraction of sp³-hybridized carbons (Fsp3) is 0.348. The number of hydrogen-bond acceptors (Lipinski definition) is 3. The zero-order valence-electron chi connectivity index (χ0n) is 16.1. The van der Waals surface area contributed by atoms with Crippen LogP contribution in [0, 0.1) is 0 Å². The van der Waals surface area contributed by atoms with Gasteiger partial charge < -0.3 is 10.6 Å². The Labute approximate surface area is 186 Å². The van der Waals surface area contributed by atoms with Crippen LogP contribution in [0.1, 0.15) is 31.2 Å². The van der Waals surface area contributed by atoms with Crippen molar-refractivity contribution >= 4 is 51.4 Å². The first kappa shape index (κ1) is 20.7. The molecule has 3 nitrogen and oxygen atoms in total. The van der Waals surface area contributed by atoms with Crippen LogP contribution >= 0.6 is 34.8 Å². The molecule has 1 fully saturated rings. The molecule has 3 aromatic rings. The van der Waals surface area contributed by atoms with Crippen molar-refractivity contribution in [2.75, 3.05) is 11.9 Å². The van der Waals surface area contributed by atoms with Crippen molar-refractivity contribution in [3.05, 3.63) is 69.3 Å². The summed E-state index contributed by atoms with van der Waals surface area (Å²) in [5, 5.41) is 10.7. The Kier molecular flexibility index (Phi) is 6.81. The first-order chi connectivity index (χ1) is 14.1. The van der Waals surface area contributed by atoms with Gasteiger partial charge in [-0.25, -0.2) is 0 Å². The van der Waals surface area contributed by atoms with E-state index >= 15 is 0 Å². The smallest absolute Gasteiger partial charge is 0.0737 e. The predicted octanol–water partition coefficient (Wildman–Crippen LogP) is 6.75. The Morgan fingerprint density at radius 3 is 2.38 bits per heavy atom. The molecular formula is C23H24Cl3N3. The number of pyridine rings is 1. The number of benzene rings is 2. The number of anilines is 1. The number of aromatic nitrogens is 1. The third-order valence-corrected chi connectivity index (χ3v) is 6.60. The van der Waals surface area contributed by atoms with E-state index in [4.69, 9.17) is 34.8 Å². The van der Waals surface area contributed by atoms with E-state index < -0.39 is 0 Å². The fourth-order valence-corrected chi connectivity index (χ4v) is 4.83. The third-order valence-electron chi connectivity index (χ3n) is 5.66. The van der Waals surface area contributed by atoms with Gasteiger partial charge in [0.2, 0.25) is 0 Å². The summed E-state index contributed by atoms with van der Waals surface area (Å²) in [5.41, 5.74) is 3.09. The van der Waals surface area contributed by atoms with Gasteiger partial charge in [-0.1, -0.05) is 40.9 Å². The highest BCUT2D eigenvalue weighted by molar-refractivity contribution is 6.36. The highest BCUT2D eigenvalue weighted by atomic mass is 35.5. The fourth-order valence-electron chi connectivity index (χ4n) is 4.08. The molecule has 1 aliphatic carbocycles. The van der Waals surface area contributed by atoms with Gasteiger partial charge in [0, 0.05) is 44.4 Å². The summed E-state index contributed by atoms with van der Waals surface area (Å²) in [6, 6.07) is 14.6. The Hall–Kier alpha value is -1.52. The standard InChI is InChI=1S/C23H24Cl3N3/c24-15-4-9-19-22(11-13-28-23(19)14-15)29-17-7-5-16(6-8-17)27-12-10-18-20(25)2-1-3-21(18)26/h1-4,9,11,13-14,16-17,27H,5-8,10,12H2,(H,28,29). The van der Waals surface area contributed by atoms with E-state index in [2.05, 4.69) is 15.6 Å². The van der Waals surface area contributed by atoms with E-state index in [1.54, 1.807) is 0 Å². The summed E-state index contributed by atoms with van der Waals surface area (Å²) in [6.45, 7) is 0.891. The summed E-state index contributed by atoms with van der Waals surface area (Å²) >= 11 is 18.6. The Bertz CT molecular complexity index is 964. The molecule has 0 atom stereocenters. The highest BCUT2D eigenvalue weighted by Gasteiger charge is 2.21. The largest absolute Gasteiger partial charge is 0.382 e. The number of halogens is 3. The molecule has 2 aromatic carbocycles. The van der Waals surface area contributed by atoms with Gasteiger partial charge in [-0.05, 0) is 80.6 Å². The first-order valence-electron chi connectivity index (χ1n) is 10.1. The quantitative estimate of drug-likeness (QED) is 0.438. The average Bonchev–Trinajstić information content (AvgIpc) is 2.71. The number of nitrogens with one attached hydrogen (secondary N) is 2. The zero-order valence-corrected chi connectivity index (χ0v) is 18.4. The molecule has 2 N–H and O–H groups in total. The zero-order chi connectivity index (χ0) is 20.2. The molecule has 6 heteroatoms. The molecule has 4 rings (SSSR count). The summed E-state index contributed by atoms with van der Waals surface area (Å²) in [5.74, 6) is 0. The summed E-state index contributed by atoms with van der Waals surface area (Å²) in [4.78, 5) is 4.43. The maximum absolute atomic E-state index is 6.27. The van der Waals surface area contributed by atoms with Crippen molar-refractivity contribution in [1.82, 2.24) is 10.3 Å². The van der Waals surface area contributed by atoms with E-state index in [0.717, 1.165) is 70.8 Å². The Morgan fingerprint density at radius 1 is 0.897 bits per heavy atom. The highest BCUT2D eigenvalue weighted by Crippen LogP contribution is 2.28. The lowest BCUT2D eigenvalue weighted by Crippen LogP contribution is -2.37. The van der Waals surface area contributed by atoms with Crippen LogP contribution in [-0.2, 0) is 6.42 Å².